The predicted octanol–water partition coefficient (Wildman–Crippen LogP) is 5.64. The Morgan fingerprint density at radius 1 is 1.06 bits per heavy atom. The summed E-state index contributed by atoms with van der Waals surface area (Å²) in [6.45, 7) is 7.25. The maximum absolute atomic E-state index is 13.9. The molecule has 4 rings (SSSR count). The molecule has 1 fully saturated rings. The van der Waals surface area contributed by atoms with Crippen molar-refractivity contribution in [3.05, 3.63) is 58.7 Å². The average Bonchev–Trinajstić information content (AvgIpc) is 3.18. The maximum Gasteiger partial charge on any atom is 0.410 e. The van der Waals surface area contributed by atoms with Gasteiger partial charge in [-0.1, -0.05) is 22.0 Å². The van der Waals surface area contributed by atoms with E-state index in [4.69, 9.17) is 4.74 Å². The SMILES string of the molecule is CC(C)(C)OC(=O)N1CCN(c2ccc3c(c2)c(C(F)F)cn3S(=O)(=O)c2cccc(Br)c2)CC1. The molecule has 0 radical (unpaired) electrons. The number of benzene rings is 2. The quantitative estimate of drug-likeness (QED) is 0.407. The molecule has 1 saturated heterocycles. The van der Waals surface area contributed by atoms with Gasteiger partial charge < -0.3 is 14.5 Å². The lowest BCUT2D eigenvalue weighted by Gasteiger charge is -2.36. The molecule has 0 saturated carbocycles. The Morgan fingerprint density at radius 3 is 2.34 bits per heavy atom. The normalized spacial score (nSPS) is 15.2. The average molecular weight is 570 g/mol. The highest BCUT2D eigenvalue weighted by molar-refractivity contribution is 9.10. The molecule has 7 nitrogen and oxygen atoms in total. The molecule has 0 spiro atoms. The van der Waals surface area contributed by atoms with E-state index in [1.54, 1.807) is 56.0 Å². The van der Waals surface area contributed by atoms with Crippen LogP contribution < -0.4 is 4.90 Å². The van der Waals surface area contributed by atoms with Gasteiger partial charge in [0.2, 0.25) is 0 Å². The summed E-state index contributed by atoms with van der Waals surface area (Å²) < 4.78 is 61.3. The summed E-state index contributed by atoms with van der Waals surface area (Å²) in [6, 6.07) is 11.0. The van der Waals surface area contributed by atoms with Crippen molar-refractivity contribution in [3.8, 4) is 0 Å². The lowest BCUT2D eigenvalue weighted by atomic mass is 10.1. The number of hydrogen-bond donors (Lipinski definition) is 0. The number of nitrogens with zero attached hydrogens (tertiary/aromatic N) is 3. The van der Waals surface area contributed by atoms with Crippen LogP contribution in [0.4, 0.5) is 19.3 Å². The third kappa shape index (κ3) is 5.30. The molecule has 2 heterocycles. The Kier molecular flexibility index (Phi) is 6.85. The van der Waals surface area contributed by atoms with Gasteiger partial charge in [0.25, 0.3) is 16.4 Å². The van der Waals surface area contributed by atoms with E-state index in [1.165, 1.54) is 12.1 Å². The van der Waals surface area contributed by atoms with Crippen molar-refractivity contribution in [1.82, 2.24) is 8.87 Å². The van der Waals surface area contributed by atoms with Crippen molar-refractivity contribution in [1.29, 1.82) is 0 Å². The van der Waals surface area contributed by atoms with Crippen LogP contribution in [0.1, 0.15) is 32.8 Å². The van der Waals surface area contributed by atoms with Crippen molar-refractivity contribution in [2.75, 3.05) is 31.1 Å². The van der Waals surface area contributed by atoms with Gasteiger partial charge in [-0.2, -0.15) is 0 Å². The van der Waals surface area contributed by atoms with Crippen LogP contribution in [0.15, 0.2) is 58.0 Å². The summed E-state index contributed by atoms with van der Waals surface area (Å²) >= 11 is 3.25. The molecule has 0 N–H and O–H groups in total. The molecule has 0 bridgehead atoms. The highest BCUT2D eigenvalue weighted by Crippen LogP contribution is 2.35. The highest BCUT2D eigenvalue weighted by atomic mass is 79.9. The number of carbonyl (C=O) groups excluding carboxylic acids is 1. The third-order valence-corrected chi connectivity index (χ3v) is 7.83. The Morgan fingerprint density at radius 2 is 1.74 bits per heavy atom. The molecule has 11 heteroatoms. The molecular weight excluding hydrogens is 544 g/mol. The van der Waals surface area contributed by atoms with Crippen LogP contribution in [-0.4, -0.2) is 55.2 Å². The van der Waals surface area contributed by atoms with Crippen molar-refractivity contribution in [2.24, 2.45) is 0 Å². The molecule has 3 aromatic rings. The van der Waals surface area contributed by atoms with E-state index in [2.05, 4.69) is 15.9 Å². The van der Waals surface area contributed by atoms with E-state index in [0.29, 0.717) is 36.3 Å². The van der Waals surface area contributed by atoms with Crippen molar-refractivity contribution < 1.29 is 26.7 Å². The monoisotopic (exact) mass is 569 g/mol. The van der Waals surface area contributed by atoms with Crippen LogP contribution in [0.5, 0.6) is 0 Å². The van der Waals surface area contributed by atoms with E-state index in [-0.39, 0.29) is 27.5 Å². The second-order valence-corrected chi connectivity index (χ2v) is 12.0. The first kappa shape index (κ1) is 25.4. The number of carbonyl (C=O) groups is 1. The van der Waals surface area contributed by atoms with Gasteiger partial charge in [0.1, 0.15) is 5.60 Å². The summed E-state index contributed by atoms with van der Waals surface area (Å²) in [5, 5.41) is 0.172. The Labute approximate surface area is 211 Å². The maximum atomic E-state index is 13.9. The van der Waals surface area contributed by atoms with E-state index < -0.39 is 22.0 Å². The fourth-order valence-corrected chi connectivity index (χ4v) is 5.97. The van der Waals surface area contributed by atoms with Crippen LogP contribution in [0.25, 0.3) is 10.9 Å². The smallest absolute Gasteiger partial charge is 0.410 e. The third-order valence-electron chi connectivity index (χ3n) is 5.67. The summed E-state index contributed by atoms with van der Waals surface area (Å²) in [5.41, 5.74) is -0.0843. The number of halogens is 3. The second-order valence-electron chi connectivity index (χ2n) is 9.30. The van der Waals surface area contributed by atoms with E-state index >= 15 is 0 Å². The van der Waals surface area contributed by atoms with Crippen LogP contribution in [0.3, 0.4) is 0 Å². The lowest BCUT2D eigenvalue weighted by molar-refractivity contribution is 0.0240. The minimum Gasteiger partial charge on any atom is -0.444 e. The van der Waals surface area contributed by atoms with Gasteiger partial charge in [0.05, 0.1) is 10.4 Å². The van der Waals surface area contributed by atoms with Gasteiger partial charge >= 0.3 is 6.09 Å². The van der Waals surface area contributed by atoms with Crippen LogP contribution in [0.2, 0.25) is 0 Å². The number of aromatic nitrogens is 1. The Hall–Kier alpha value is -2.66. The summed E-state index contributed by atoms with van der Waals surface area (Å²) in [5.74, 6) is 0. The standard InChI is InChI=1S/C24H26BrF2N3O4S/c1-24(2,3)34-23(31)29-11-9-28(10-12-29)17-7-8-21-19(14-17)20(22(26)27)15-30(21)35(32,33)18-6-4-5-16(25)13-18/h4-8,13-15,22H,9-12H2,1-3H3. The topological polar surface area (TPSA) is 71.8 Å². The summed E-state index contributed by atoms with van der Waals surface area (Å²) in [6.07, 6.45) is -2.24. The molecule has 1 aliphatic heterocycles. The molecule has 0 atom stereocenters. The largest absolute Gasteiger partial charge is 0.444 e. The van der Waals surface area contributed by atoms with E-state index in [0.717, 1.165) is 10.2 Å². The fraction of sp³-hybridized carbons (Fsp3) is 0.375. The summed E-state index contributed by atoms with van der Waals surface area (Å²) in [7, 11) is -4.09. The summed E-state index contributed by atoms with van der Waals surface area (Å²) in [4.78, 5) is 15.9. The van der Waals surface area contributed by atoms with Crippen molar-refractivity contribution in [3.63, 3.8) is 0 Å². The highest BCUT2D eigenvalue weighted by Gasteiger charge is 2.28. The predicted molar refractivity (Wildman–Crippen MR) is 134 cm³/mol. The molecular formula is C24H26BrF2N3O4S. The van der Waals surface area contributed by atoms with Crippen LogP contribution >= 0.6 is 15.9 Å². The molecule has 1 amide bonds. The van der Waals surface area contributed by atoms with Gasteiger partial charge in [0.15, 0.2) is 0 Å². The van der Waals surface area contributed by atoms with Crippen molar-refractivity contribution in [2.45, 2.75) is 37.7 Å². The number of amides is 1. The van der Waals surface area contributed by atoms with Gasteiger partial charge in [-0.15, -0.1) is 0 Å². The zero-order chi connectivity index (χ0) is 25.5. The number of alkyl halides is 2. The van der Waals surface area contributed by atoms with Crippen LogP contribution in [-0.2, 0) is 14.8 Å². The zero-order valence-electron chi connectivity index (χ0n) is 19.5. The van der Waals surface area contributed by atoms with Crippen LogP contribution in [0, 0.1) is 0 Å². The van der Waals surface area contributed by atoms with Gasteiger partial charge in [0, 0.05) is 53.5 Å². The number of ether oxygens (including phenoxy) is 1. The second kappa shape index (κ2) is 9.42. The number of anilines is 1. The van der Waals surface area contributed by atoms with Gasteiger partial charge in [-0.25, -0.2) is 26.0 Å². The first-order valence-electron chi connectivity index (χ1n) is 11.0. The molecule has 2 aromatic carbocycles. The molecule has 188 valence electrons. The van der Waals surface area contributed by atoms with Crippen molar-refractivity contribution >= 4 is 48.6 Å². The number of rotatable bonds is 4. The minimum absolute atomic E-state index is 0.00747. The Bertz CT molecular complexity index is 1360. The lowest BCUT2D eigenvalue weighted by Crippen LogP contribution is -2.50. The molecule has 35 heavy (non-hydrogen) atoms. The molecule has 0 unspecified atom stereocenters. The molecule has 0 aliphatic carbocycles. The minimum atomic E-state index is -4.09. The number of fused-ring (bicyclic) bond motifs is 1. The fourth-order valence-electron chi connectivity index (χ4n) is 4.00. The van der Waals surface area contributed by atoms with E-state index in [1.807, 2.05) is 4.90 Å². The molecule has 1 aromatic heterocycles. The number of hydrogen-bond acceptors (Lipinski definition) is 5. The van der Waals surface area contributed by atoms with Gasteiger partial charge in [-0.05, 0) is 57.2 Å². The van der Waals surface area contributed by atoms with Gasteiger partial charge in [-0.3, -0.25) is 0 Å². The first-order chi connectivity index (χ1) is 16.4. The Balaban J connectivity index is 1.64. The molecule has 1 aliphatic rings. The van der Waals surface area contributed by atoms with E-state index in [9.17, 15) is 22.0 Å². The first-order valence-corrected chi connectivity index (χ1v) is 13.3. The zero-order valence-corrected chi connectivity index (χ0v) is 21.9. The number of piperazine rings is 1.